The van der Waals surface area contributed by atoms with E-state index in [4.69, 9.17) is 0 Å². The highest BCUT2D eigenvalue weighted by molar-refractivity contribution is 7.99. The van der Waals surface area contributed by atoms with E-state index in [0.717, 1.165) is 30.3 Å². The second-order valence-corrected chi connectivity index (χ2v) is 4.97. The summed E-state index contributed by atoms with van der Waals surface area (Å²) in [6.07, 6.45) is 3.79. The summed E-state index contributed by atoms with van der Waals surface area (Å²) in [5, 5.41) is 5.53. The van der Waals surface area contributed by atoms with Crippen LogP contribution in [0.2, 0.25) is 0 Å². The molecule has 0 aromatic carbocycles. The van der Waals surface area contributed by atoms with Gasteiger partial charge in [0, 0.05) is 19.3 Å². The van der Waals surface area contributed by atoms with Crippen LogP contribution in [0.4, 0.5) is 0 Å². The summed E-state index contributed by atoms with van der Waals surface area (Å²) < 4.78 is 3.44. The van der Waals surface area contributed by atoms with Crippen LogP contribution in [0.15, 0.2) is 16.1 Å². The van der Waals surface area contributed by atoms with Gasteiger partial charge in [-0.25, -0.2) is 4.98 Å². The number of aryl methyl sites for hydroxylation is 1. The topological polar surface area (TPSA) is 52.7 Å². The lowest BCUT2D eigenvalue weighted by Gasteiger charge is -2.07. The molecule has 0 radical (unpaired) electrons. The van der Waals surface area contributed by atoms with Crippen LogP contribution in [-0.4, -0.2) is 25.1 Å². The second-order valence-electron chi connectivity index (χ2n) is 3.91. The Morgan fingerprint density at radius 2 is 2.31 bits per heavy atom. The minimum absolute atomic E-state index is 0.0440. The number of hydrogen-bond donors (Lipinski definition) is 0. The summed E-state index contributed by atoms with van der Waals surface area (Å²) in [5.41, 5.74) is 0.730. The van der Waals surface area contributed by atoms with Gasteiger partial charge < -0.3 is 0 Å². The fourth-order valence-electron chi connectivity index (χ4n) is 1.94. The minimum atomic E-state index is 0.0440. The summed E-state index contributed by atoms with van der Waals surface area (Å²) in [5.74, 6) is 1.04. The van der Waals surface area contributed by atoms with E-state index in [2.05, 4.69) is 10.1 Å². The number of rotatable bonds is 0. The Bertz CT molecular complexity index is 601. The molecule has 5 nitrogen and oxygen atoms in total. The van der Waals surface area contributed by atoms with Crippen molar-refractivity contribution in [3.8, 4) is 0 Å². The number of thioether (sulfide) groups is 1. The van der Waals surface area contributed by atoms with Gasteiger partial charge in [0.05, 0.1) is 6.20 Å². The Kier molecular flexibility index (Phi) is 2.24. The number of fused-ring (bicyclic) bond motifs is 2. The van der Waals surface area contributed by atoms with E-state index in [9.17, 15) is 4.79 Å². The van der Waals surface area contributed by atoms with Crippen LogP contribution >= 0.6 is 11.8 Å². The van der Waals surface area contributed by atoms with Gasteiger partial charge in [0.1, 0.15) is 5.39 Å². The van der Waals surface area contributed by atoms with Crippen LogP contribution < -0.4 is 5.56 Å². The van der Waals surface area contributed by atoms with Gasteiger partial charge in [-0.15, -0.1) is 0 Å². The molecule has 0 saturated heterocycles. The van der Waals surface area contributed by atoms with Crippen molar-refractivity contribution in [2.45, 2.75) is 24.5 Å². The van der Waals surface area contributed by atoms with E-state index in [1.54, 1.807) is 27.2 Å². The van der Waals surface area contributed by atoms with E-state index in [1.165, 1.54) is 0 Å². The molecule has 2 aromatic heterocycles. The predicted octanol–water partition coefficient (Wildman–Crippen LogP) is 1.02. The third-order valence-electron chi connectivity index (χ3n) is 2.82. The molecular weight excluding hydrogens is 224 g/mol. The van der Waals surface area contributed by atoms with Gasteiger partial charge in [0.2, 0.25) is 0 Å². The Morgan fingerprint density at radius 3 is 3.19 bits per heavy atom. The summed E-state index contributed by atoms with van der Waals surface area (Å²) in [7, 11) is 1.81. The molecule has 0 amide bonds. The molecule has 1 aliphatic heterocycles. The van der Waals surface area contributed by atoms with Crippen molar-refractivity contribution in [2.75, 3.05) is 5.75 Å². The Balaban J connectivity index is 2.35. The molecule has 0 unspecified atom stereocenters. The average molecular weight is 236 g/mol. The SMILES string of the molecule is Cn1ncc2c(=O)n3c(nc21)SCCCC3. The zero-order valence-corrected chi connectivity index (χ0v) is 9.83. The van der Waals surface area contributed by atoms with E-state index in [1.807, 2.05) is 7.05 Å². The van der Waals surface area contributed by atoms with Crippen molar-refractivity contribution in [1.29, 1.82) is 0 Å². The third kappa shape index (κ3) is 1.36. The van der Waals surface area contributed by atoms with E-state index in [-0.39, 0.29) is 5.56 Å². The van der Waals surface area contributed by atoms with Crippen LogP contribution in [0.3, 0.4) is 0 Å². The van der Waals surface area contributed by atoms with Crippen molar-refractivity contribution < 1.29 is 0 Å². The van der Waals surface area contributed by atoms with Gasteiger partial charge in [-0.3, -0.25) is 14.0 Å². The smallest absolute Gasteiger partial charge is 0.265 e. The Morgan fingerprint density at radius 1 is 1.44 bits per heavy atom. The summed E-state index contributed by atoms with van der Waals surface area (Å²) >= 11 is 1.66. The first-order valence-corrected chi connectivity index (χ1v) is 6.31. The van der Waals surface area contributed by atoms with Crippen molar-refractivity contribution in [3.05, 3.63) is 16.6 Å². The molecule has 6 heteroatoms. The first-order valence-electron chi connectivity index (χ1n) is 5.33. The maximum Gasteiger partial charge on any atom is 0.265 e. The maximum atomic E-state index is 12.2. The van der Waals surface area contributed by atoms with Crippen LogP contribution in [-0.2, 0) is 13.6 Å². The molecule has 0 aliphatic carbocycles. The summed E-state index contributed by atoms with van der Waals surface area (Å²) in [6, 6.07) is 0. The molecule has 2 aromatic rings. The van der Waals surface area contributed by atoms with Crippen LogP contribution in [0.5, 0.6) is 0 Å². The number of nitrogens with zero attached hydrogens (tertiary/aromatic N) is 4. The van der Waals surface area contributed by atoms with Crippen molar-refractivity contribution in [2.24, 2.45) is 7.05 Å². The van der Waals surface area contributed by atoms with Crippen molar-refractivity contribution in [3.63, 3.8) is 0 Å². The minimum Gasteiger partial charge on any atom is -0.287 e. The van der Waals surface area contributed by atoms with E-state index >= 15 is 0 Å². The molecule has 0 saturated carbocycles. The molecule has 3 rings (SSSR count). The maximum absolute atomic E-state index is 12.2. The highest BCUT2D eigenvalue weighted by Crippen LogP contribution is 2.22. The van der Waals surface area contributed by atoms with E-state index in [0.29, 0.717) is 11.0 Å². The number of aromatic nitrogens is 4. The lowest BCUT2D eigenvalue weighted by atomic mass is 10.3. The highest BCUT2D eigenvalue weighted by Gasteiger charge is 2.15. The molecule has 0 atom stereocenters. The average Bonchev–Trinajstić information content (AvgIpc) is 2.52. The van der Waals surface area contributed by atoms with Gasteiger partial charge >= 0.3 is 0 Å². The van der Waals surface area contributed by atoms with Gasteiger partial charge in [0.25, 0.3) is 5.56 Å². The zero-order valence-electron chi connectivity index (χ0n) is 9.01. The molecule has 0 spiro atoms. The normalized spacial score (nSPS) is 16.1. The fraction of sp³-hybridized carbons (Fsp3) is 0.500. The van der Waals surface area contributed by atoms with E-state index < -0.39 is 0 Å². The molecule has 16 heavy (non-hydrogen) atoms. The van der Waals surface area contributed by atoms with Gasteiger partial charge in [-0.2, -0.15) is 5.10 Å². The van der Waals surface area contributed by atoms with Crippen LogP contribution in [0.25, 0.3) is 11.0 Å². The lowest BCUT2D eigenvalue weighted by molar-refractivity contribution is 0.569. The Labute approximate surface area is 96.5 Å². The van der Waals surface area contributed by atoms with Crippen LogP contribution in [0, 0.1) is 0 Å². The summed E-state index contributed by atoms with van der Waals surface area (Å²) in [6.45, 7) is 0.777. The Hall–Kier alpha value is -1.30. The first kappa shape index (κ1) is 9.89. The third-order valence-corrected chi connectivity index (χ3v) is 3.89. The molecule has 0 N–H and O–H groups in total. The molecule has 0 bridgehead atoms. The predicted molar refractivity (Wildman–Crippen MR) is 62.7 cm³/mol. The van der Waals surface area contributed by atoms with Gasteiger partial charge in [0.15, 0.2) is 10.8 Å². The van der Waals surface area contributed by atoms with Crippen molar-refractivity contribution in [1.82, 2.24) is 19.3 Å². The second kappa shape index (κ2) is 3.62. The zero-order chi connectivity index (χ0) is 11.1. The monoisotopic (exact) mass is 236 g/mol. The van der Waals surface area contributed by atoms with Gasteiger partial charge in [-0.05, 0) is 12.8 Å². The fourth-order valence-corrected chi connectivity index (χ4v) is 2.95. The van der Waals surface area contributed by atoms with Crippen molar-refractivity contribution >= 4 is 22.8 Å². The number of hydrogen-bond acceptors (Lipinski definition) is 4. The van der Waals surface area contributed by atoms with Crippen LogP contribution in [0.1, 0.15) is 12.8 Å². The van der Waals surface area contributed by atoms with Gasteiger partial charge in [-0.1, -0.05) is 11.8 Å². The highest BCUT2D eigenvalue weighted by atomic mass is 32.2. The molecule has 1 aliphatic rings. The molecular formula is C10H12N4OS. The standard InChI is InChI=1S/C10H12N4OS/c1-13-8-7(6-11-13)9(15)14-4-2-3-5-16-10(14)12-8/h6H,2-5H2,1H3. The molecule has 0 fully saturated rings. The molecule has 84 valence electrons. The largest absolute Gasteiger partial charge is 0.287 e. The summed E-state index contributed by atoms with van der Waals surface area (Å²) in [4.78, 5) is 16.7. The lowest BCUT2D eigenvalue weighted by Crippen LogP contribution is -2.22. The quantitative estimate of drug-likeness (QED) is 0.641. The first-order chi connectivity index (χ1) is 7.77. The molecule has 3 heterocycles.